The maximum Gasteiger partial charge on any atom is 0.332 e. The Hall–Kier alpha value is -1.92. The first-order valence-electron chi connectivity index (χ1n) is 6.96. The quantitative estimate of drug-likeness (QED) is 0.562. The summed E-state index contributed by atoms with van der Waals surface area (Å²) in [5.74, 6) is 1.26. The summed E-state index contributed by atoms with van der Waals surface area (Å²) in [6.45, 7) is 9.27. The van der Waals surface area contributed by atoms with Gasteiger partial charge in [-0.25, -0.2) is 4.98 Å². The van der Waals surface area contributed by atoms with Gasteiger partial charge in [-0.1, -0.05) is 20.8 Å². The second kappa shape index (κ2) is 7.62. The van der Waals surface area contributed by atoms with Gasteiger partial charge in [-0.05, 0) is 25.7 Å². The first kappa shape index (κ1) is 16.1. The van der Waals surface area contributed by atoms with Crippen LogP contribution in [0.25, 0.3) is 0 Å². The molecule has 0 amide bonds. The molecule has 0 aliphatic heterocycles. The molecule has 0 saturated carbocycles. The molecule has 1 rings (SSSR count). The molecule has 0 spiro atoms. The lowest BCUT2D eigenvalue weighted by Gasteiger charge is -2.11. The van der Waals surface area contributed by atoms with Gasteiger partial charge in [0.15, 0.2) is 0 Å². The van der Waals surface area contributed by atoms with Crippen LogP contribution >= 0.6 is 0 Å². The Morgan fingerprint density at radius 2 is 1.95 bits per heavy atom. The van der Waals surface area contributed by atoms with E-state index in [1.807, 2.05) is 6.92 Å². The summed E-state index contributed by atoms with van der Waals surface area (Å²) < 4.78 is 0. The van der Waals surface area contributed by atoms with E-state index in [0.29, 0.717) is 29.9 Å². The van der Waals surface area contributed by atoms with Crippen molar-refractivity contribution >= 4 is 17.5 Å². The largest absolute Gasteiger partial charge is 0.364 e. The number of nitrogens with one attached hydrogen (secondary N) is 2. The van der Waals surface area contributed by atoms with E-state index in [0.717, 1.165) is 19.4 Å². The zero-order chi connectivity index (χ0) is 15.1. The first-order chi connectivity index (χ1) is 9.45. The topological polar surface area (TPSA) is 93.0 Å². The number of anilines is 2. The molecule has 0 aliphatic rings. The Morgan fingerprint density at radius 1 is 1.25 bits per heavy atom. The van der Waals surface area contributed by atoms with Gasteiger partial charge in [-0.2, -0.15) is 4.98 Å². The maximum absolute atomic E-state index is 11.1. The molecule has 0 atom stereocenters. The van der Waals surface area contributed by atoms with Crippen LogP contribution in [0.4, 0.5) is 17.5 Å². The fourth-order valence-electron chi connectivity index (χ4n) is 1.70. The van der Waals surface area contributed by atoms with Crippen molar-refractivity contribution in [3.63, 3.8) is 0 Å². The van der Waals surface area contributed by atoms with E-state index in [-0.39, 0.29) is 5.69 Å². The molecule has 20 heavy (non-hydrogen) atoms. The van der Waals surface area contributed by atoms with Gasteiger partial charge in [-0.3, -0.25) is 10.1 Å². The van der Waals surface area contributed by atoms with Crippen molar-refractivity contribution in [2.45, 2.75) is 40.5 Å². The Morgan fingerprint density at radius 3 is 2.50 bits per heavy atom. The molecule has 7 heteroatoms. The maximum atomic E-state index is 11.1. The highest BCUT2D eigenvalue weighted by Crippen LogP contribution is 2.26. The van der Waals surface area contributed by atoms with Crippen molar-refractivity contribution in [1.29, 1.82) is 0 Å². The molecule has 2 N–H and O–H groups in total. The lowest BCUT2D eigenvalue weighted by molar-refractivity contribution is -0.385. The zero-order valence-corrected chi connectivity index (χ0v) is 12.6. The highest BCUT2D eigenvalue weighted by molar-refractivity contribution is 5.60. The smallest absolute Gasteiger partial charge is 0.332 e. The Labute approximate surface area is 119 Å². The van der Waals surface area contributed by atoms with Crippen LogP contribution in [0, 0.1) is 23.0 Å². The van der Waals surface area contributed by atoms with Gasteiger partial charge in [0.05, 0.1) is 4.92 Å². The zero-order valence-electron chi connectivity index (χ0n) is 12.6. The molecule has 0 aromatic carbocycles. The van der Waals surface area contributed by atoms with Crippen molar-refractivity contribution in [3.05, 3.63) is 15.8 Å². The Kier molecular flexibility index (Phi) is 6.14. The summed E-state index contributed by atoms with van der Waals surface area (Å²) in [6, 6.07) is 0. The molecular formula is C13H23N5O2. The lowest BCUT2D eigenvalue weighted by atomic mass is 10.1. The highest BCUT2D eigenvalue weighted by Gasteiger charge is 2.21. The minimum atomic E-state index is -0.434. The molecule has 0 fully saturated rings. The van der Waals surface area contributed by atoms with Gasteiger partial charge in [0.2, 0.25) is 11.8 Å². The minimum Gasteiger partial charge on any atom is -0.364 e. The van der Waals surface area contributed by atoms with Crippen LogP contribution in [0.5, 0.6) is 0 Å². The van der Waals surface area contributed by atoms with Crippen molar-refractivity contribution in [1.82, 2.24) is 9.97 Å². The number of nitrogens with zero attached hydrogens (tertiary/aromatic N) is 3. The van der Waals surface area contributed by atoms with E-state index in [2.05, 4.69) is 34.4 Å². The average Bonchev–Trinajstić information content (AvgIpc) is 2.34. The minimum absolute atomic E-state index is 0.0456. The van der Waals surface area contributed by atoms with Crippen LogP contribution in [0.3, 0.4) is 0 Å². The summed E-state index contributed by atoms with van der Waals surface area (Å²) in [5.41, 5.74) is 0.325. The third-order valence-electron chi connectivity index (χ3n) is 2.79. The lowest BCUT2D eigenvalue weighted by Crippen LogP contribution is -2.13. The van der Waals surface area contributed by atoms with Crippen LogP contribution in [0.2, 0.25) is 0 Å². The van der Waals surface area contributed by atoms with Gasteiger partial charge >= 0.3 is 5.69 Å². The SMILES string of the molecule is CCCNc1nc(C)c([N+](=O)[O-])c(NCCC(C)C)n1. The van der Waals surface area contributed by atoms with Crippen LogP contribution in [-0.2, 0) is 0 Å². The second-order valence-corrected chi connectivity index (χ2v) is 5.12. The van der Waals surface area contributed by atoms with E-state index in [1.165, 1.54) is 0 Å². The normalized spacial score (nSPS) is 10.7. The number of hydrogen-bond donors (Lipinski definition) is 2. The van der Waals surface area contributed by atoms with E-state index >= 15 is 0 Å². The summed E-state index contributed by atoms with van der Waals surface area (Å²) in [5, 5.41) is 17.2. The van der Waals surface area contributed by atoms with Crippen LogP contribution in [-0.4, -0.2) is 28.0 Å². The van der Waals surface area contributed by atoms with E-state index in [9.17, 15) is 10.1 Å². The molecule has 1 heterocycles. The standard InChI is InChI=1S/C13H23N5O2/c1-5-7-15-13-16-10(4)11(18(19)20)12(17-13)14-8-6-9(2)3/h9H,5-8H2,1-4H3,(H2,14,15,16,17). The molecular weight excluding hydrogens is 258 g/mol. The second-order valence-electron chi connectivity index (χ2n) is 5.12. The Balaban J connectivity index is 2.96. The molecule has 112 valence electrons. The number of rotatable bonds is 8. The fourth-order valence-corrected chi connectivity index (χ4v) is 1.70. The van der Waals surface area contributed by atoms with Gasteiger partial charge in [0, 0.05) is 13.1 Å². The molecule has 1 aromatic rings. The predicted molar refractivity (Wildman–Crippen MR) is 80.1 cm³/mol. The van der Waals surface area contributed by atoms with Gasteiger partial charge in [0.25, 0.3) is 0 Å². The summed E-state index contributed by atoms with van der Waals surface area (Å²) >= 11 is 0. The molecule has 7 nitrogen and oxygen atoms in total. The van der Waals surface area contributed by atoms with Crippen molar-refractivity contribution in [2.24, 2.45) is 5.92 Å². The van der Waals surface area contributed by atoms with Gasteiger partial charge < -0.3 is 10.6 Å². The summed E-state index contributed by atoms with van der Waals surface area (Å²) in [7, 11) is 0. The third-order valence-corrected chi connectivity index (χ3v) is 2.79. The van der Waals surface area contributed by atoms with Crippen LogP contribution in [0.1, 0.15) is 39.3 Å². The van der Waals surface area contributed by atoms with Crippen molar-refractivity contribution in [3.8, 4) is 0 Å². The number of aryl methyl sites for hydroxylation is 1. The van der Waals surface area contributed by atoms with Gasteiger partial charge in [0.1, 0.15) is 5.69 Å². The number of hydrogen-bond acceptors (Lipinski definition) is 6. The molecule has 0 aliphatic carbocycles. The predicted octanol–water partition coefficient (Wildman–Crippen LogP) is 2.97. The fraction of sp³-hybridized carbons (Fsp3) is 0.692. The molecule has 0 bridgehead atoms. The van der Waals surface area contributed by atoms with Crippen molar-refractivity contribution in [2.75, 3.05) is 23.7 Å². The number of aromatic nitrogens is 2. The van der Waals surface area contributed by atoms with Crippen LogP contribution in [0.15, 0.2) is 0 Å². The first-order valence-corrected chi connectivity index (χ1v) is 6.96. The molecule has 1 aromatic heterocycles. The molecule has 0 saturated heterocycles. The highest BCUT2D eigenvalue weighted by atomic mass is 16.6. The summed E-state index contributed by atoms with van der Waals surface area (Å²) in [6.07, 6.45) is 1.87. The van der Waals surface area contributed by atoms with E-state index < -0.39 is 4.92 Å². The molecule has 0 unspecified atom stereocenters. The number of nitro groups is 1. The molecule has 0 radical (unpaired) electrons. The van der Waals surface area contributed by atoms with E-state index in [1.54, 1.807) is 6.92 Å². The Bertz CT molecular complexity index is 462. The van der Waals surface area contributed by atoms with Crippen LogP contribution < -0.4 is 10.6 Å². The van der Waals surface area contributed by atoms with E-state index in [4.69, 9.17) is 0 Å². The summed E-state index contributed by atoms with van der Waals surface area (Å²) in [4.78, 5) is 19.0. The monoisotopic (exact) mass is 281 g/mol. The van der Waals surface area contributed by atoms with Gasteiger partial charge in [-0.15, -0.1) is 0 Å². The van der Waals surface area contributed by atoms with Crippen molar-refractivity contribution < 1.29 is 4.92 Å². The average molecular weight is 281 g/mol. The third kappa shape index (κ3) is 4.64.